The van der Waals surface area contributed by atoms with E-state index in [0.29, 0.717) is 46.7 Å². The number of aliphatic hydroxyl groups is 1. The minimum absolute atomic E-state index is 0.142. The number of carbonyl (C=O) groups is 1. The van der Waals surface area contributed by atoms with E-state index in [4.69, 9.17) is 20.9 Å². The van der Waals surface area contributed by atoms with E-state index in [1.165, 1.54) is 10.9 Å². The number of fused-ring (bicyclic) bond motifs is 1. The topological polar surface area (TPSA) is 172 Å². The summed E-state index contributed by atoms with van der Waals surface area (Å²) in [4.78, 5) is 23.0. The summed E-state index contributed by atoms with van der Waals surface area (Å²) in [6.07, 6.45) is -0.705. The third-order valence-corrected chi connectivity index (χ3v) is 7.27. The Labute approximate surface area is 228 Å². The van der Waals surface area contributed by atoms with E-state index in [-0.39, 0.29) is 24.0 Å². The van der Waals surface area contributed by atoms with Crippen LogP contribution in [0.1, 0.15) is 16.6 Å². The molecule has 13 nitrogen and oxygen atoms in total. The average Bonchev–Trinajstić information content (AvgIpc) is 3.64. The molecule has 14 heteroatoms. The van der Waals surface area contributed by atoms with Gasteiger partial charge in [-0.25, -0.2) is 14.4 Å². The number of hydrogen-bond acceptors (Lipinski definition) is 10. The fourth-order valence-electron chi connectivity index (χ4n) is 5.16. The standard InChI is InChI=1S/C26H30FN9O4/c1-34-7-4-18(33-34)16-11-36(24-20(16)23(29)31-13-32-24)26-21(27)22(37)19(40-26)12-39-14-2-3-15(17(28)10-14)25(38)35-8-5-30-6-9-35/h2-4,7,10-11,13,19,21-22,26,30,37H,5-6,8-9,12,28H2,1H3,(H2,29,31,32)/t19-,21+,22-,26-/m1/s1. The minimum Gasteiger partial charge on any atom is -0.491 e. The molecule has 210 valence electrons. The molecule has 0 unspecified atom stereocenters. The summed E-state index contributed by atoms with van der Waals surface area (Å²) in [5, 5.41) is 18.8. The molecule has 0 aliphatic carbocycles. The SMILES string of the molecule is Cn1ccc(-c2cn([C@@H]3O[C@H](COc4ccc(C(=O)N5CCNCC5)c(N)c4)[C@@H](O)[C@@H]3F)c3ncnc(N)c23)n1. The maximum Gasteiger partial charge on any atom is 0.256 e. The molecule has 0 bridgehead atoms. The van der Waals surface area contributed by atoms with Gasteiger partial charge in [0.15, 0.2) is 12.4 Å². The Bertz CT molecular complexity index is 1550. The van der Waals surface area contributed by atoms with Crippen LogP contribution in [0.25, 0.3) is 22.3 Å². The van der Waals surface area contributed by atoms with Crippen LogP contribution in [0, 0.1) is 0 Å². The molecule has 6 N–H and O–H groups in total. The number of ether oxygens (including phenoxy) is 2. The Hall–Kier alpha value is -4.27. The number of halogens is 1. The van der Waals surface area contributed by atoms with Crippen LogP contribution < -0.4 is 21.5 Å². The monoisotopic (exact) mass is 551 g/mol. The molecule has 5 heterocycles. The average molecular weight is 552 g/mol. The summed E-state index contributed by atoms with van der Waals surface area (Å²) in [7, 11) is 1.78. The van der Waals surface area contributed by atoms with Crippen molar-refractivity contribution in [1.29, 1.82) is 0 Å². The van der Waals surface area contributed by atoms with Gasteiger partial charge in [-0.2, -0.15) is 5.10 Å². The Morgan fingerprint density at radius 2 is 2.05 bits per heavy atom. The van der Waals surface area contributed by atoms with Crippen molar-refractivity contribution in [1.82, 2.24) is 34.5 Å². The van der Waals surface area contributed by atoms with Gasteiger partial charge in [0, 0.05) is 62.9 Å². The molecule has 1 amide bonds. The number of nitrogens with zero attached hydrogens (tertiary/aromatic N) is 6. The Kier molecular flexibility index (Phi) is 6.73. The van der Waals surface area contributed by atoms with Crippen molar-refractivity contribution in [2.75, 3.05) is 44.3 Å². The number of aryl methyl sites for hydroxylation is 1. The summed E-state index contributed by atoms with van der Waals surface area (Å²) < 4.78 is 30.4. The molecule has 4 aromatic rings. The minimum atomic E-state index is -1.78. The molecule has 3 aromatic heterocycles. The van der Waals surface area contributed by atoms with Crippen molar-refractivity contribution in [3.63, 3.8) is 0 Å². The van der Waals surface area contributed by atoms with Gasteiger partial charge in [-0.05, 0) is 18.2 Å². The molecule has 1 aromatic carbocycles. The van der Waals surface area contributed by atoms with Gasteiger partial charge >= 0.3 is 0 Å². The summed E-state index contributed by atoms with van der Waals surface area (Å²) in [6, 6.07) is 6.57. The second-order valence-corrected chi connectivity index (χ2v) is 9.88. The van der Waals surface area contributed by atoms with E-state index in [0.717, 1.165) is 13.1 Å². The van der Waals surface area contributed by atoms with Gasteiger partial charge in [0.2, 0.25) is 0 Å². The fraction of sp³-hybridized carbons (Fsp3) is 0.385. The maximum atomic E-state index is 15.5. The van der Waals surface area contributed by atoms with Gasteiger partial charge in [0.05, 0.1) is 16.6 Å². The van der Waals surface area contributed by atoms with E-state index in [1.807, 2.05) is 0 Å². The summed E-state index contributed by atoms with van der Waals surface area (Å²) >= 11 is 0. The summed E-state index contributed by atoms with van der Waals surface area (Å²) in [5.74, 6) is 0.444. The number of nitrogens with one attached hydrogen (secondary N) is 1. The van der Waals surface area contributed by atoms with Crippen molar-refractivity contribution in [3.8, 4) is 17.0 Å². The highest BCUT2D eigenvalue weighted by Gasteiger charge is 2.46. The second kappa shape index (κ2) is 10.4. The fourth-order valence-corrected chi connectivity index (χ4v) is 5.16. The highest BCUT2D eigenvalue weighted by Crippen LogP contribution is 2.39. The van der Waals surface area contributed by atoms with Crippen molar-refractivity contribution < 1.29 is 23.8 Å². The van der Waals surface area contributed by atoms with Crippen LogP contribution >= 0.6 is 0 Å². The first kappa shape index (κ1) is 26.0. The number of aliphatic hydroxyl groups excluding tert-OH is 1. The smallest absolute Gasteiger partial charge is 0.256 e. The zero-order valence-corrected chi connectivity index (χ0v) is 21.8. The molecular formula is C26H30FN9O4. The molecule has 0 saturated carbocycles. The van der Waals surface area contributed by atoms with E-state index < -0.39 is 24.6 Å². The second-order valence-electron chi connectivity index (χ2n) is 9.88. The number of carbonyl (C=O) groups excluding carboxylic acids is 1. The van der Waals surface area contributed by atoms with Crippen molar-refractivity contribution in [2.24, 2.45) is 7.05 Å². The largest absolute Gasteiger partial charge is 0.491 e. The lowest BCUT2D eigenvalue weighted by Crippen LogP contribution is -2.46. The molecule has 2 fully saturated rings. The van der Waals surface area contributed by atoms with Crippen molar-refractivity contribution >= 4 is 28.4 Å². The highest BCUT2D eigenvalue weighted by atomic mass is 19.1. The van der Waals surface area contributed by atoms with Gasteiger partial charge in [-0.15, -0.1) is 0 Å². The summed E-state index contributed by atoms with van der Waals surface area (Å²) in [6.45, 7) is 2.54. The number of nitrogens with two attached hydrogens (primary N) is 2. The molecule has 2 aliphatic heterocycles. The van der Waals surface area contributed by atoms with E-state index in [2.05, 4.69) is 20.4 Å². The molecule has 0 radical (unpaired) electrons. The molecule has 4 atom stereocenters. The molecular weight excluding hydrogens is 521 g/mol. The number of nitrogen functional groups attached to an aromatic ring is 2. The van der Waals surface area contributed by atoms with Crippen LogP contribution in [0.15, 0.2) is 43.0 Å². The van der Waals surface area contributed by atoms with Crippen LogP contribution in [0.5, 0.6) is 5.75 Å². The Morgan fingerprint density at radius 3 is 2.77 bits per heavy atom. The first-order chi connectivity index (χ1) is 19.3. The lowest BCUT2D eigenvalue weighted by Gasteiger charge is -2.28. The maximum absolute atomic E-state index is 15.5. The number of amides is 1. The predicted molar refractivity (Wildman–Crippen MR) is 144 cm³/mol. The van der Waals surface area contributed by atoms with Crippen LogP contribution in [0.4, 0.5) is 15.9 Å². The summed E-state index contributed by atoms with van der Waals surface area (Å²) in [5.41, 5.74) is 14.6. The van der Waals surface area contributed by atoms with Crippen LogP contribution in [-0.2, 0) is 11.8 Å². The molecule has 2 saturated heterocycles. The zero-order valence-electron chi connectivity index (χ0n) is 21.8. The number of benzene rings is 1. The number of rotatable bonds is 6. The van der Waals surface area contributed by atoms with Gasteiger partial charge < -0.3 is 40.8 Å². The molecule has 2 aliphatic rings. The Morgan fingerprint density at radius 1 is 1.25 bits per heavy atom. The van der Waals surface area contributed by atoms with Gasteiger partial charge in [-0.3, -0.25) is 9.48 Å². The van der Waals surface area contributed by atoms with Gasteiger partial charge in [-0.1, -0.05) is 0 Å². The lowest BCUT2D eigenvalue weighted by molar-refractivity contribution is -0.0410. The van der Waals surface area contributed by atoms with Crippen molar-refractivity contribution in [3.05, 3.63) is 48.5 Å². The van der Waals surface area contributed by atoms with Crippen LogP contribution in [0.2, 0.25) is 0 Å². The third-order valence-electron chi connectivity index (χ3n) is 7.27. The predicted octanol–water partition coefficient (Wildman–Crippen LogP) is 0.717. The van der Waals surface area contributed by atoms with Crippen LogP contribution in [0.3, 0.4) is 0 Å². The highest BCUT2D eigenvalue weighted by molar-refractivity contribution is 6.00. The first-order valence-electron chi connectivity index (χ1n) is 12.9. The van der Waals surface area contributed by atoms with Crippen molar-refractivity contribution in [2.45, 2.75) is 24.6 Å². The van der Waals surface area contributed by atoms with Gasteiger partial charge in [0.1, 0.15) is 42.4 Å². The van der Waals surface area contributed by atoms with E-state index in [1.54, 1.807) is 53.3 Å². The number of anilines is 2. The first-order valence-corrected chi connectivity index (χ1v) is 12.9. The zero-order chi connectivity index (χ0) is 28.0. The number of alkyl halides is 1. The molecule has 6 rings (SSSR count). The molecule has 0 spiro atoms. The lowest BCUT2D eigenvalue weighted by atomic mass is 10.1. The third kappa shape index (κ3) is 4.59. The van der Waals surface area contributed by atoms with E-state index >= 15 is 4.39 Å². The number of hydrogen-bond donors (Lipinski definition) is 4. The van der Waals surface area contributed by atoms with E-state index in [9.17, 15) is 9.90 Å². The van der Waals surface area contributed by atoms with Crippen LogP contribution in [-0.4, -0.2) is 91.4 Å². The quantitative estimate of drug-likeness (QED) is 0.250. The number of aromatic nitrogens is 5. The number of piperazine rings is 1. The Balaban J connectivity index is 1.19. The molecule has 40 heavy (non-hydrogen) atoms. The van der Waals surface area contributed by atoms with Gasteiger partial charge in [0.25, 0.3) is 5.91 Å². The normalized spacial score (nSPS) is 23.1.